The van der Waals surface area contributed by atoms with Crippen molar-refractivity contribution >= 4 is 11.6 Å². The van der Waals surface area contributed by atoms with Crippen LogP contribution in [0.25, 0.3) is 0 Å². The van der Waals surface area contributed by atoms with E-state index in [0.29, 0.717) is 18.2 Å². The number of pyridine rings is 1. The van der Waals surface area contributed by atoms with Crippen LogP contribution < -0.4 is 10.6 Å². The molecule has 0 radical (unpaired) electrons. The van der Waals surface area contributed by atoms with Gasteiger partial charge >= 0.3 is 0 Å². The molecular formula is C14H20N4O3. The molecule has 7 heteroatoms. The average molecular weight is 292 g/mol. The number of carbonyl (C=O) groups is 1. The van der Waals surface area contributed by atoms with Gasteiger partial charge in [-0.1, -0.05) is 0 Å². The van der Waals surface area contributed by atoms with E-state index in [4.69, 9.17) is 0 Å². The number of nitrogens with zero attached hydrogens (tertiary/aromatic N) is 2. The SMILES string of the molecule is Cc1ncc([N+](=O)[O-])cc1C(=O)NCCC1CCCNC1. The second-order valence-electron chi connectivity index (χ2n) is 5.34. The van der Waals surface area contributed by atoms with Gasteiger partial charge in [0, 0.05) is 12.6 Å². The van der Waals surface area contributed by atoms with Crippen LogP contribution in [-0.4, -0.2) is 35.4 Å². The fourth-order valence-electron chi connectivity index (χ4n) is 2.51. The Balaban J connectivity index is 1.90. The Morgan fingerprint density at radius 2 is 2.43 bits per heavy atom. The third kappa shape index (κ3) is 4.22. The van der Waals surface area contributed by atoms with Crippen LogP contribution in [0.1, 0.15) is 35.3 Å². The number of aryl methyl sites for hydroxylation is 1. The molecule has 1 aromatic heterocycles. The predicted octanol–water partition coefficient (Wildman–Crippen LogP) is 1.42. The van der Waals surface area contributed by atoms with E-state index in [2.05, 4.69) is 15.6 Å². The molecule has 1 aromatic rings. The minimum atomic E-state index is -0.545. The molecule has 21 heavy (non-hydrogen) atoms. The molecule has 2 rings (SSSR count). The molecular weight excluding hydrogens is 272 g/mol. The van der Waals surface area contributed by atoms with Crippen molar-refractivity contribution in [2.45, 2.75) is 26.2 Å². The molecule has 1 atom stereocenters. The van der Waals surface area contributed by atoms with E-state index in [0.717, 1.165) is 19.5 Å². The number of aromatic nitrogens is 1. The molecule has 1 aliphatic rings. The number of carbonyl (C=O) groups excluding carboxylic acids is 1. The zero-order valence-corrected chi connectivity index (χ0v) is 12.1. The Morgan fingerprint density at radius 3 is 3.10 bits per heavy atom. The van der Waals surface area contributed by atoms with Gasteiger partial charge < -0.3 is 10.6 Å². The maximum absolute atomic E-state index is 12.1. The largest absolute Gasteiger partial charge is 0.352 e. The van der Waals surface area contributed by atoms with Gasteiger partial charge in [0.25, 0.3) is 11.6 Å². The van der Waals surface area contributed by atoms with Crippen molar-refractivity contribution in [1.82, 2.24) is 15.6 Å². The van der Waals surface area contributed by atoms with Crippen LogP contribution in [0, 0.1) is 23.0 Å². The number of hydrogen-bond acceptors (Lipinski definition) is 5. The average Bonchev–Trinajstić information content (AvgIpc) is 2.48. The van der Waals surface area contributed by atoms with Crippen molar-refractivity contribution in [3.8, 4) is 0 Å². The fraction of sp³-hybridized carbons (Fsp3) is 0.571. The molecule has 1 aliphatic heterocycles. The first-order chi connectivity index (χ1) is 10.1. The first-order valence-corrected chi connectivity index (χ1v) is 7.18. The lowest BCUT2D eigenvalue weighted by Gasteiger charge is -2.22. The van der Waals surface area contributed by atoms with E-state index < -0.39 is 4.92 Å². The quantitative estimate of drug-likeness (QED) is 0.632. The number of nitrogens with one attached hydrogen (secondary N) is 2. The number of amides is 1. The summed E-state index contributed by atoms with van der Waals surface area (Å²) in [6.45, 7) is 4.31. The Labute approximate surface area is 123 Å². The summed E-state index contributed by atoms with van der Waals surface area (Å²) in [4.78, 5) is 26.2. The van der Waals surface area contributed by atoms with E-state index in [1.165, 1.54) is 25.1 Å². The summed E-state index contributed by atoms with van der Waals surface area (Å²) >= 11 is 0. The summed E-state index contributed by atoms with van der Waals surface area (Å²) in [6, 6.07) is 1.28. The Morgan fingerprint density at radius 1 is 1.62 bits per heavy atom. The smallest absolute Gasteiger partial charge is 0.288 e. The Kier molecular flexibility index (Phi) is 5.21. The lowest BCUT2D eigenvalue weighted by molar-refractivity contribution is -0.385. The summed E-state index contributed by atoms with van der Waals surface area (Å²) in [5.74, 6) is 0.288. The number of nitro groups is 1. The molecule has 1 unspecified atom stereocenters. The van der Waals surface area contributed by atoms with Gasteiger partial charge in [0.15, 0.2) is 0 Å². The number of rotatable bonds is 5. The summed E-state index contributed by atoms with van der Waals surface area (Å²) in [5.41, 5.74) is 0.602. The van der Waals surface area contributed by atoms with E-state index >= 15 is 0 Å². The van der Waals surface area contributed by atoms with Gasteiger partial charge in [0.2, 0.25) is 0 Å². The second kappa shape index (κ2) is 7.12. The first kappa shape index (κ1) is 15.4. The highest BCUT2D eigenvalue weighted by Gasteiger charge is 2.17. The summed E-state index contributed by atoms with van der Waals surface area (Å²) in [7, 11) is 0. The van der Waals surface area contributed by atoms with E-state index in [1.807, 2.05) is 0 Å². The minimum Gasteiger partial charge on any atom is -0.352 e. The highest BCUT2D eigenvalue weighted by Crippen LogP contribution is 2.15. The highest BCUT2D eigenvalue weighted by molar-refractivity contribution is 5.95. The molecule has 1 fully saturated rings. The molecule has 2 heterocycles. The van der Waals surface area contributed by atoms with Crippen LogP contribution in [0.3, 0.4) is 0 Å². The summed E-state index contributed by atoms with van der Waals surface area (Å²) < 4.78 is 0. The lowest BCUT2D eigenvalue weighted by atomic mass is 9.96. The van der Waals surface area contributed by atoms with Gasteiger partial charge in [-0.05, 0) is 45.2 Å². The monoisotopic (exact) mass is 292 g/mol. The van der Waals surface area contributed by atoms with E-state index in [9.17, 15) is 14.9 Å². The standard InChI is InChI=1S/C14H20N4O3/c1-10-13(7-12(9-17-10)18(20)21)14(19)16-6-4-11-3-2-5-15-8-11/h7,9,11,15H,2-6,8H2,1H3,(H,16,19). The van der Waals surface area contributed by atoms with Gasteiger partial charge in [-0.3, -0.25) is 19.9 Å². The molecule has 2 N–H and O–H groups in total. The maximum Gasteiger partial charge on any atom is 0.288 e. The van der Waals surface area contributed by atoms with Gasteiger partial charge in [-0.25, -0.2) is 0 Å². The summed E-state index contributed by atoms with van der Waals surface area (Å²) in [6.07, 6.45) is 4.44. The van der Waals surface area contributed by atoms with E-state index in [1.54, 1.807) is 6.92 Å². The van der Waals surface area contributed by atoms with Crippen molar-refractivity contribution in [3.63, 3.8) is 0 Å². The van der Waals surface area contributed by atoms with Crippen LogP contribution in [0.2, 0.25) is 0 Å². The molecule has 1 saturated heterocycles. The van der Waals surface area contributed by atoms with Crippen LogP contribution >= 0.6 is 0 Å². The third-order valence-corrected chi connectivity index (χ3v) is 3.77. The Hall–Kier alpha value is -2.02. The Bertz CT molecular complexity index is 527. The fourth-order valence-corrected chi connectivity index (χ4v) is 2.51. The second-order valence-corrected chi connectivity index (χ2v) is 5.34. The molecule has 0 bridgehead atoms. The maximum atomic E-state index is 12.1. The molecule has 0 aromatic carbocycles. The van der Waals surface area contributed by atoms with Gasteiger partial charge in [0.1, 0.15) is 6.20 Å². The van der Waals surface area contributed by atoms with Gasteiger partial charge in [-0.15, -0.1) is 0 Å². The van der Waals surface area contributed by atoms with Crippen molar-refractivity contribution in [3.05, 3.63) is 33.6 Å². The normalized spacial score (nSPS) is 18.2. The van der Waals surface area contributed by atoms with Crippen LogP contribution in [0.4, 0.5) is 5.69 Å². The summed E-state index contributed by atoms with van der Waals surface area (Å²) in [5, 5.41) is 16.9. The van der Waals surface area contributed by atoms with Crippen LogP contribution in [-0.2, 0) is 0 Å². The molecule has 7 nitrogen and oxygen atoms in total. The predicted molar refractivity (Wildman–Crippen MR) is 78.2 cm³/mol. The van der Waals surface area contributed by atoms with Gasteiger partial charge in [0.05, 0.1) is 16.2 Å². The van der Waals surface area contributed by atoms with Crippen molar-refractivity contribution in [2.24, 2.45) is 5.92 Å². The zero-order chi connectivity index (χ0) is 15.2. The third-order valence-electron chi connectivity index (χ3n) is 3.77. The van der Waals surface area contributed by atoms with Crippen LogP contribution in [0.5, 0.6) is 0 Å². The van der Waals surface area contributed by atoms with Crippen molar-refractivity contribution < 1.29 is 9.72 Å². The van der Waals surface area contributed by atoms with Crippen LogP contribution in [0.15, 0.2) is 12.3 Å². The molecule has 114 valence electrons. The van der Waals surface area contributed by atoms with Gasteiger partial charge in [-0.2, -0.15) is 0 Å². The highest BCUT2D eigenvalue weighted by atomic mass is 16.6. The zero-order valence-electron chi connectivity index (χ0n) is 12.1. The minimum absolute atomic E-state index is 0.165. The molecule has 1 amide bonds. The molecule has 0 saturated carbocycles. The molecule has 0 spiro atoms. The van der Waals surface area contributed by atoms with Crippen molar-refractivity contribution in [2.75, 3.05) is 19.6 Å². The number of piperidine rings is 1. The molecule has 0 aliphatic carbocycles. The number of hydrogen-bond donors (Lipinski definition) is 2. The lowest BCUT2D eigenvalue weighted by Crippen LogP contribution is -2.33. The first-order valence-electron chi connectivity index (χ1n) is 7.18. The topological polar surface area (TPSA) is 97.2 Å². The van der Waals surface area contributed by atoms with Crippen molar-refractivity contribution in [1.29, 1.82) is 0 Å². The van der Waals surface area contributed by atoms with E-state index in [-0.39, 0.29) is 17.2 Å².